The minimum atomic E-state index is -4.33. The van der Waals surface area contributed by atoms with Gasteiger partial charge in [-0.1, -0.05) is 11.6 Å². The van der Waals surface area contributed by atoms with Crippen molar-refractivity contribution in [3.63, 3.8) is 0 Å². The van der Waals surface area contributed by atoms with E-state index in [9.17, 15) is 13.2 Å². The highest BCUT2D eigenvalue weighted by Gasteiger charge is 2.27. The Morgan fingerprint density at radius 1 is 1.47 bits per heavy atom. The molecule has 0 unspecified atom stereocenters. The molecule has 0 saturated carbocycles. The average Bonchev–Trinajstić information content (AvgIpc) is 2.13. The third-order valence-electron chi connectivity index (χ3n) is 1.42. The zero-order chi connectivity index (χ0) is 11.5. The second kappa shape index (κ2) is 4.52. The van der Waals surface area contributed by atoms with E-state index >= 15 is 0 Å². The number of aromatic nitrogens is 2. The molecule has 0 aliphatic rings. The van der Waals surface area contributed by atoms with Crippen molar-refractivity contribution >= 4 is 17.4 Å². The van der Waals surface area contributed by atoms with Gasteiger partial charge in [-0.2, -0.15) is 13.2 Å². The summed E-state index contributed by atoms with van der Waals surface area (Å²) < 4.78 is 40.4. The predicted octanol–water partition coefficient (Wildman–Crippen LogP) is 2.11. The van der Waals surface area contributed by atoms with E-state index in [2.05, 4.69) is 15.3 Å². The SMILES string of the molecule is COc1c(Cl)ncnc1NCC(F)(F)F. The van der Waals surface area contributed by atoms with Crippen LogP contribution in [0.1, 0.15) is 0 Å². The maximum atomic E-state index is 11.9. The molecule has 1 aromatic heterocycles. The van der Waals surface area contributed by atoms with Gasteiger partial charge in [-0.3, -0.25) is 0 Å². The van der Waals surface area contributed by atoms with Gasteiger partial charge in [0.1, 0.15) is 12.9 Å². The third-order valence-corrected chi connectivity index (χ3v) is 1.69. The standard InChI is InChI=1S/C7H7ClF3N3O/c1-15-4-5(8)13-3-14-6(4)12-2-7(9,10)11/h3H,2H2,1H3,(H,12,13,14). The first-order valence-electron chi connectivity index (χ1n) is 3.79. The van der Waals surface area contributed by atoms with Gasteiger partial charge in [0.15, 0.2) is 16.7 Å². The molecule has 4 nitrogen and oxygen atoms in total. The summed E-state index contributed by atoms with van der Waals surface area (Å²) in [4.78, 5) is 7.14. The number of anilines is 1. The second-order valence-corrected chi connectivity index (χ2v) is 2.87. The number of nitrogens with one attached hydrogen (secondary N) is 1. The van der Waals surface area contributed by atoms with E-state index in [-0.39, 0.29) is 16.7 Å². The van der Waals surface area contributed by atoms with Crippen LogP contribution in [0.3, 0.4) is 0 Å². The topological polar surface area (TPSA) is 47.0 Å². The average molecular weight is 242 g/mol. The van der Waals surface area contributed by atoms with Crippen LogP contribution in [0.2, 0.25) is 5.15 Å². The summed E-state index contributed by atoms with van der Waals surface area (Å²) in [5.41, 5.74) is 0. The molecule has 84 valence electrons. The van der Waals surface area contributed by atoms with Crippen molar-refractivity contribution in [1.82, 2.24) is 9.97 Å². The summed E-state index contributed by atoms with van der Waals surface area (Å²) in [6, 6.07) is 0. The van der Waals surface area contributed by atoms with Gasteiger partial charge in [0.05, 0.1) is 7.11 Å². The van der Waals surface area contributed by atoms with E-state index in [0.29, 0.717) is 0 Å². The molecule has 0 radical (unpaired) electrons. The van der Waals surface area contributed by atoms with Crippen LogP contribution in [0, 0.1) is 0 Å². The van der Waals surface area contributed by atoms with Crippen LogP contribution in [-0.2, 0) is 0 Å². The number of halogens is 4. The Bertz CT molecular complexity index is 345. The van der Waals surface area contributed by atoms with E-state index in [4.69, 9.17) is 16.3 Å². The molecule has 1 rings (SSSR count). The molecule has 0 spiro atoms. The van der Waals surface area contributed by atoms with Gasteiger partial charge in [-0.15, -0.1) is 0 Å². The maximum absolute atomic E-state index is 11.9. The quantitative estimate of drug-likeness (QED) is 0.824. The van der Waals surface area contributed by atoms with Crippen molar-refractivity contribution in [2.24, 2.45) is 0 Å². The van der Waals surface area contributed by atoms with Crippen molar-refractivity contribution in [3.8, 4) is 5.75 Å². The summed E-state index contributed by atoms with van der Waals surface area (Å²) >= 11 is 5.58. The van der Waals surface area contributed by atoms with Crippen LogP contribution in [0.5, 0.6) is 5.75 Å². The largest absolute Gasteiger partial charge is 0.490 e. The number of methoxy groups -OCH3 is 1. The van der Waals surface area contributed by atoms with Crippen LogP contribution >= 0.6 is 11.6 Å². The van der Waals surface area contributed by atoms with Gasteiger partial charge in [-0.25, -0.2) is 9.97 Å². The lowest BCUT2D eigenvalue weighted by Gasteiger charge is -2.11. The van der Waals surface area contributed by atoms with Crippen LogP contribution in [0.4, 0.5) is 19.0 Å². The smallest absolute Gasteiger partial charge is 0.405 e. The fourth-order valence-electron chi connectivity index (χ4n) is 0.843. The van der Waals surface area contributed by atoms with E-state index < -0.39 is 12.7 Å². The van der Waals surface area contributed by atoms with E-state index in [1.165, 1.54) is 7.11 Å². The Balaban J connectivity index is 2.81. The Hall–Kier alpha value is -1.24. The highest BCUT2D eigenvalue weighted by Crippen LogP contribution is 2.29. The Labute approximate surface area is 88.4 Å². The van der Waals surface area contributed by atoms with Crippen molar-refractivity contribution in [3.05, 3.63) is 11.5 Å². The van der Waals surface area contributed by atoms with Gasteiger partial charge in [0, 0.05) is 0 Å². The fraction of sp³-hybridized carbons (Fsp3) is 0.429. The van der Waals surface area contributed by atoms with E-state index in [1.54, 1.807) is 0 Å². The van der Waals surface area contributed by atoms with Crippen molar-refractivity contribution in [2.75, 3.05) is 19.0 Å². The molecule has 0 bridgehead atoms. The molecule has 1 N–H and O–H groups in total. The first-order valence-corrected chi connectivity index (χ1v) is 4.17. The van der Waals surface area contributed by atoms with E-state index in [1.807, 2.05) is 0 Å². The normalized spacial score (nSPS) is 11.3. The lowest BCUT2D eigenvalue weighted by atomic mass is 10.5. The lowest BCUT2D eigenvalue weighted by Crippen LogP contribution is -2.22. The summed E-state index contributed by atoms with van der Waals surface area (Å²) in [5, 5.41) is 2.02. The van der Waals surface area contributed by atoms with Crippen LogP contribution < -0.4 is 10.1 Å². The molecule has 0 atom stereocenters. The van der Waals surface area contributed by atoms with E-state index in [0.717, 1.165) is 6.33 Å². The molecule has 0 amide bonds. The maximum Gasteiger partial charge on any atom is 0.405 e. The lowest BCUT2D eigenvalue weighted by molar-refractivity contribution is -0.115. The van der Waals surface area contributed by atoms with Gasteiger partial charge < -0.3 is 10.1 Å². The number of hydrogen-bond acceptors (Lipinski definition) is 4. The summed E-state index contributed by atoms with van der Waals surface area (Å²) in [5.74, 6) is -0.0989. The molecular formula is C7H7ClF3N3O. The molecule has 0 aromatic carbocycles. The molecule has 1 aromatic rings. The Morgan fingerprint density at radius 2 is 2.13 bits per heavy atom. The van der Waals surface area contributed by atoms with Gasteiger partial charge in [-0.05, 0) is 0 Å². The number of alkyl halides is 3. The molecule has 0 fully saturated rings. The highest BCUT2D eigenvalue weighted by atomic mass is 35.5. The van der Waals surface area contributed by atoms with Gasteiger partial charge in [0.25, 0.3) is 0 Å². The van der Waals surface area contributed by atoms with Crippen molar-refractivity contribution in [1.29, 1.82) is 0 Å². The van der Waals surface area contributed by atoms with Gasteiger partial charge in [0.2, 0.25) is 0 Å². The fourth-order valence-corrected chi connectivity index (χ4v) is 1.05. The summed E-state index contributed by atoms with van der Waals surface area (Å²) in [6.07, 6.45) is -3.29. The molecule has 1 heterocycles. The zero-order valence-corrected chi connectivity index (χ0v) is 8.35. The molecular weight excluding hydrogens is 235 g/mol. The van der Waals surface area contributed by atoms with Crippen LogP contribution in [-0.4, -0.2) is 29.8 Å². The van der Waals surface area contributed by atoms with Crippen molar-refractivity contribution in [2.45, 2.75) is 6.18 Å². The summed E-state index contributed by atoms with van der Waals surface area (Å²) in [7, 11) is 1.27. The Morgan fingerprint density at radius 3 is 2.67 bits per heavy atom. The third kappa shape index (κ3) is 3.43. The van der Waals surface area contributed by atoms with Gasteiger partial charge >= 0.3 is 6.18 Å². The molecule has 0 aliphatic heterocycles. The highest BCUT2D eigenvalue weighted by molar-refractivity contribution is 6.31. The Kier molecular flexibility index (Phi) is 3.57. The second-order valence-electron chi connectivity index (χ2n) is 2.52. The minimum Gasteiger partial charge on any atom is -0.490 e. The number of nitrogens with zero attached hydrogens (tertiary/aromatic N) is 2. The monoisotopic (exact) mass is 241 g/mol. The summed E-state index contributed by atoms with van der Waals surface area (Å²) in [6.45, 7) is -1.21. The van der Waals surface area contributed by atoms with Crippen molar-refractivity contribution < 1.29 is 17.9 Å². The molecule has 15 heavy (non-hydrogen) atoms. The molecule has 0 saturated heterocycles. The van der Waals surface area contributed by atoms with Crippen LogP contribution in [0.15, 0.2) is 6.33 Å². The number of ether oxygens (including phenoxy) is 1. The molecule has 0 aliphatic carbocycles. The number of rotatable bonds is 3. The van der Waals surface area contributed by atoms with Crippen LogP contribution in [0.25, 0.3) is 0 Å². The number of hydrogen-bond donors (Lipinski definition) is 1. The molecule has 8 heteroatoms. The predicted molar refractivity (Wildman–Crippen MR) is 48.1 cm³/mol. The first kappa shape index (κ1) is 11.8. The minimum absolute atomic E-state index is 0.0107. The first-order chi connectivity index (χ1) is 6.94. The zero-order valence-electron chi connectivity index (χ0n) is 7.60.